The summed E-state index contributed by atoms with van der Waals surface area (Å²) in [6, 6.07) is 14.1. The van der Waals surface area contributed by atoms with Crippen molar-refractivity contribution in [2.45, 2.75) is 6.42 Å². The third-order valence-corrected chi connectivity index (χ3v) is 3.23. The minimum Gasteiger partial charge on any atom is -0.478 e. The second kappa shape index (κ2) is 5.20. The van der Waals surface area contributed by atoms with Crippen LogP contribution in [0.3, 0.4) is 0 Å². The van der Waals surface area contributed by atoms with Crippen LogP contribution in [-0.4, -0.2) is 21.0 Å². The summed E-state index contributed by atoms with van der Waals surface area (Å²) < 4.78 is 0. The van der Waals surface area contributed by atoms with Gasteiger partial charge in [0.2, 0.25) is 0 Å². The molecule has 21 heavy (non-hydrogen) atoms. The number of rotatable bonds is 3. The summed E-state index contributed by atoms with van der Waals surface area (Å²) in [7, 11) is 0. The fourth-order valence-corrected chi connectivity index (χ4v) is 2.25. The second-order valence-electron chi connectivity index (χ2n) is 4.68. The van der Waals surface area contributed by atoms with Crippen molar-refractivity contribution < 1.29 is 9.90 Å². The van der Waals surface area contributed by atoms with E-state index < -0.39 is 5.97 Å². The summed E-state index contributed by atoms with van der Waals surface area (Å²) in [5.74, 6) is -0.642. The van der Waals surface area contributed by atoms with Gasteiger partial charge in [-0.25, -0.2) is 9.78 Å². The normalized spacial score (nSPS) is 10.7. The van der Waals surface area contributed by atoms with Crippen molar-refractivity contribution in [3.8, 4) is 0 Å². The van der Waals surface area contributed by atoms with Crippen molar-refractivity contribution in [3.05, 3.63) is 75.8 Å². The quantitative estimate of drug-likeness (QED) is 0.770. The van der Waals surface area contributed by atoms with E-state index in [1.165, 1.54) is 6.07 Å². The molecule has 0 aliphatic carbocycles. The third-order valence-electron chi connectivity index (χ3n) is 3.23. The Kier molecular flexibility index (Phi) is 3.23. The van der Waals surface area contributed by atoms with Gasteiger partial charge in [0.25, 0.3) is 5.56 Å². The molecule has 5 nitrogen and oxygen atoms in total. The summed E-state index contributed by atoms with van der Waals surface area (Å²) in [5, 5.41) is 9.49. The maximum Gasteiger partial charge on any atom is 0.337 e. The van der Waals surface area contributed by atoms with Gasteiger partial charge < -0.3 is 10.1 Å². The molecule has 0 radical (unpaired) electrons. The first-order valence-electron chi connectivity index (χ1n) is 6.44. The van der Waals surface area contributed by atoms with E-state index in [9.17, 15) is 14.7 Å². The number of para-hydroxylation sites is 1. The Balaban J connectivity index is 2.16. The van der Waals surface area contributed by atoms with Crippen molar-refractivity contribution in [2.75, 3.05) is 0 Å². The average Bonchev–Trinajstić information content (AvgIpc) is 2.47. The standard InChI is InChI=1S/C16H12N2O3/c19-15-11-7-4-8-12(16(20)21)14(11)17-13(18-15)9-10-5-2-1-3-6-10/h1-8H,9H2,(H,20,21)(H,17,18,19). The summed E-state index contributed by atoms with van der Waals surface area (Å²) in [5.41, 5.74) is 0.925. The van der Waals surface area contributed by atoms with E-state index in [0.29, 0.717) is 12.2 Å². The molecular formula is C16H12N2O3. The minimum absolute atomic E-state index is 0.0351. The van der Waals surface area contributed by atoms with Gasteiger partial charge in [0, 0.05) is 6.42 Å². The van der Waals surface area contributed by atoms with E-state index in [0.717, 1.165) is 5.56 Å². The third kappa shape index (κ3) is 2.53. The number of hydrogen-bond donors (Lipinski definition) is 2. The lowest BCUT2D eigenvalue weighted by Crippen LogP contribution is -2.14. The van der Waals surface area contributed by atoms with Crippen LogP contribution in [0.4, 0.5) is 0 Å². The zero-order valence-corrected chi connectivity index (χ0v) is 11.0. The predicted octanol–water partition coefficient (Wildman–Crippen LogP) is 2.21. The molecule has 3 aromatic rings. The molecule has 0 saturated heterocycles. The van der Waals surface area contributed by atoms with Crippen molar-refractivity contribution in [1.29, 1.82) is 0 Å². The molecule has 0 bridgehead atoms. The highest BCUT2D eigenvalue weighted by Crippen LogP contribution is 2.14. The Morgan fingerprint density at radius 1 is 1.10 bits per heavy atom. The van der Waals surface area contributed by atoms with Crippen LogP contribution < -0.4 is 5.56 Å². The molecule has 0 fully saturated rings. The van der Waals surface area contributed by atoms with E-state index >= 15 is 0 Å². The van der Waals surface area contributed by atoms with Crippen LogP contribution in [0, 0.1) is 0 Å². The lowest BCUT2D eigenvalue weighted by Gasteiger charge is -2.05. The van der Waals surface area contributed by atoms with Gasteiger partial charge in [-0.2, -0.15) is 0 Å². The summed E-state index contributed by atoms with van der Waals surface area (Å²) in [4.78, 5) is 30.3. The molecule has 104 valence electrons. The van der Waals surface area contributed by atoms with Crippen LogP contribution in [0.25, 0.3) is 10.9 Å². The summed E-state index contributed by atoms with van der Waals surface area (Å²) in [6.07, 6.45) is 0.444. The molecule has 0 amide bonds. The van der Waals surface area contributed by atoms with Crippen LogP contribution in [0.1, 0.15) is 21.7 Å². The SMILES string of the molecule is O=C(O)c1cccc2c(=O)[nH]c(Cc3ccccc3)nc12. The van der Waals surface area contributed by atoms with E-state index in [1.54, 1.807) is 12.1 Å². The number of H-pyrrole nitrogens is 1. The Bertz CT molecular complexity index is 870. The van der Waals surface area contributed by atoms with Gasteiger partial charge in [-0.05, 0) is 17.7 Å². The van der Waals surface area contributed by atoms with Gasteiger partial charge in [-0.3, -0.25) is 4.79 Å². The smallest absolute Gasteiger partial charge is 0.337 e. The zero-order valence-electron chi connectivity index (χ0n) is 11.0. The molecule has 0 saturated carbocycles. The zero-order chi connectivity index (χ0) is 14.8. The van der Waals surface area contributed by atoms with Gasteiger partial charge in [0.1, 0.15) is 5.82 Å². The number of benzene rings is 2. The largest absolute Gasteiger partial charge is 0.478 e. The number of carboxylic acid groups (broad SMARTS) is 1. The number of aromatic carboxylic acids is 1. The Hall–Kier alpha value is -2.95. The van der Waals surface area contributed by atoms with Crippen LogP contribution in [-0.2, 0) is 6.42 Å². The molecular weight excluding hydrogens is 268 g/mol. The van der Waals surface area contributed by atoms with Gasteiger partial charge in [-0.15, -0.1) is 0 Å². The topological polar surface area (TPSA) is 83.0 Å². The molecule has 0 atom stereocenters. The number of aromatic amines is 1. The van der Waals surface area contributed by atoms with E-state index in [2.05, 4.69) is 9.97 Å². The maximum absolute atomic E-state index is 12.1. The number of carbonyl (C=O) groups is 1. The maximum atomic E-state index is 12.1. The molecule has 0 spiro atoms. The molecule has 3 rings (SSSR count). The van der Waals surface area contributed by atoms with Gasteiger partial charge in [-0.1, -0.05) is 36.4 Å². The fraction of sp³-hybridized carbons (Fsp3) is 0.0625. The minimum atomic E-state index is -1.09. The predicted molar refractivity (Wildman–Crippen MR) is 78.6 cm³/mol. The summed E-state index contributed by atoms with van der Waals surface area (Å²) in [6.45, 7) is 0. The molecule has 1 heterocycles. The van der Waals surface area contributed by atoms with Crippen LogP contribution in [0.15, 0.2) is 53.3 Å². The molecule has 5 heteroatoms. The first-order valence-corrected chi connectivity index (χ1v) is 6.44. The molecule has 0 aliphatic heterocycles. The number of fused-ring (bicyclic) bond motifs is 1. The number of nitrogens with one attached hydrogen (secondary N) is 1. The van der Waals surface area contributed by atoms with E-state index in [1.807, 2.05) is 30.3 Å². The van der Waals surface area contributed by atoms with Crippen molar-refractivity contribution in [3.63, 3.8) is 0 Å². The molecule has 0 unspecified atom stereocenters. The molecule has 0 aliphatic rings. The highest BCUT2D eigenvalue weighted by molar-refractivity contribution is 6.01. The highest BCUT2D eigenvalue weighted by Gasteiger charge is 2.12. The number of nitrogens with zero attached hydrogens (tertiary/aromatic N) is 1. The lowest BCUT2D eigenvalue weighted by atomic mass is 10.1. The van der Waals surface area contributed by atoms with Crippen LogP contribution in [0.2, 0.25) is 0 Å². The van der Waals surface area contributed by atoms with Gasteiger partial charge >= 0.3 is 5.97 Å². The van der Waals surface area contributed by atoms with E-state index in [4.69, 9.17) is 0 Å². The van der Waals surface area contributed by atoms with E-state index in [-0.39, 0.29) is 22.0 Å². The molecule has 1 aromatic heterocycles. The second-order valence-corrected chi connectivity index (χ2v) is 4.68. The first-order chi connectivity index (χ1) is 10.1. The molecule has 2 N–H and O–H groups in total. The van der Waals surface area contributed by atoms with Crippen molar-refractivity contribution in [2.24, 2.45) is 0 Å². The van der Waals surface area contributed by atoms with Gasteiger partial charge in [0.15, 0.2) is 0 Å². The Morgan fingerprint density at radius 2 is 1.86 bits per heavy atom. The fourth-order valence-electron chi connectivity index (χ4n) is 2.25. The molecule has 2 aromatic carbocycles. The van der Waals surface area contributed by atoms with Crippen LogP contribution in [0.5, 0.6) is 0 Å². The lowest BCUT2D eigenvalue weighted by molar-refractivity contribution is 0.0699. The van der Waals surface area contributed by atoms with Crippen molar-refractivity contribution in [1.82, 2.24) is 9.97 Å². The number of hydrogen-bond acceptors (Lipinski definition) is 3. The first kappa shape index (κ1) is 13.1. The monoisotopic (exact) mass is 280 g/mol. The Morgan fingerprint density at radius 3 is 2.57 bits per heavy atom. The Labute approximate surface area is 119 Å². The average molecular weight is 280 g/mol. The van der Waals surface area contributed by atoms with Crippen molar-refractivity contribution >= 4 is 16.9 Å². The van der Waals surface area contributed by atoms with Crippen LogP contribution >= 0.6 is 0 Å². The number of carboxylic acids is 1. The highest BCUT2D eigenvalue weighted by atomic mass is 16.4. The number of aromatic nitrogens is 2. The van der Waals surface area contributed by atoms with Gasteiger partial charge in [0.05, 0.1) is 16.5 Å². The summed E-state index contributed by atoms with van der Waals surface area (Å²) >= 11 is 0.